The number of oxazole rings is 1. The van der Waals surface area contributed by atoms with Gasteiger partial charge in [0.2, 0.25) is 5.89 Å². The molecule has 1 aromatic heterocycles. The smallest absolute Gasteiger partial charge is 0.309 e. The first kappa shape index (κ1) is 25.8. The van der Waals surface area contributed by atoms with Crippen molar-refractivity contribution >= 4 is 5.97 Å². The van der Waals surface area contributed by atoms with Crippen molar-refractivity contribution in [3.8, 4) is 28.7 Å². The third kappa shape index (κ3) is 6.88. The molecule has 8 heteroatoms. The second kappa shape index (κ2) is 12.1. The van der Waals surface area contributed by atoms with Gasteiger partial charge in [-0.3, -0.25) is 4.79 Å². The van der Waals surface area contributed by atoms with Gasteiger partial charge in [-0.1, -0.05) is 30.3 Å². The van der Waals surface area contributed by atoms with Crippen LogP contribution in [0.2, 0.25) is 0 Å². The van der Waals surface area contributed by atoms with Gasteiger partial charge in [-0.05, 0) is 56.3 Å². The maximum absolute atomic E-state index is 14.0. The number of aliphatic carboxylic acids is 1. The van der Waals surface area contributed by atoms with E-state index in [0.717, 1.165) is 17.0 Å². The lowest BCUT2D eigenvalue weighted by Crippen LogP contribution is -2.18. The van der Waals surface area contributed by atoms with E-state index in [2.05, 4.69) is 4.98 Å². The Hall–Kier alpha value is -4.33. The lowest BCUT2D eigenvalue weighted by molar-refractivity contribution is -0.142. The van der Waals surface area contributed by atoms with Crippen LogP contribution >= 0.6 is 0 Å². The number of carbonyl (C=O) groups is 1. The Bertz CT molecular complexity index is 1340. The van der Waals surface area contributed by atoms with E-state index in [-0.39, 0.29) is 19.0 Å². The van der Waals surface area contributed by atoms with Crippen LogP contribution in [0.15, 0.2) is 77.2 Å². The fraction of sp³-hybridized carbons (Fsp3) is 0.241. The Balaban J connectivity index is 1.43. The summed E-state index contributed by atoms with van der Waals surface area (Å²) in [6.07, 6.45) is 0.539. The van der Waals surface area contributed by atoms with Gasteiger partial charge >= 0.3 is 5.97 Å². The number of carboxylic acid groups (broad SMARTS) is 1. The van der Waals surface area contributed by atoms with Crippen LogP contribution in [0.25, 0.3) is 11.5 Å². The van der Waals surface area contributed by atoms with E-state index < -0.39 is 17.7 Å². The monoisotopic (exact) mass is 505 g/mol. The molecule has 0 radical (unpaired) electrons. The summed E-state index contributed by atoms with van der Waals surface area (Å²) in [6.45, 7) is 3.78. The van der Waals surface area contributed by atoms with Gasteiger partial charge in [0, 0.05) is 17.5 Å². The number of hydrogen-bond acceptors (Lipinski definition) is 6. The molecule has 0 amide bonds. The summed E-state index contributed by atoms with van der Waals surface area (Å²) < 4.78 is 37.2. The van der Waals surface area contributed by atoms with Crippen LogP contribution in [-0.2, 0) is 17.8 Å². The second-order valence-electron chi connectivity index (χ2n) is 8.53. The van der Waals surface area contributed by atoms with Gasteiger partial charge in [0.05, 0.1) is 18.2 Å². The summed E-state index contributed by atoms with van der Waals surface area (Å²) in [6, 6.07) is 21.0. The molecule has 7 nitrogen and oxygen atoms in total. The number of rotatable bonds is 12. The van der Waals surface area contributed by atoms with Crippen LogP contribution in [0.1, 0.15) is 23.9 Å². The maximum Gasteiger partial charge on any atom is 0.309 e. The predicted molar refractivity (Wildman–Crippen MR) is 135 cm³/mol. The van der Waals surface area contributed by atoms with Crippen LogP contribution in [0.4, 0.5) is 4.39 Å². The van der Waals surface area contributed by atoms with Crippen LogP contribution in [0.3, 0.4) is 0 Å². The van der Waals surface area contributed by atoms with Crippen molar-refractivity contribution in [2.24, 2.45) is 5.92 Å². The molecule has 0 saturated heterocycles. The molecule has 0 saturated carbocycles. The van der Waals surface area contributed by atoms with Crippen molar-refractivity contribution in [2.75, 3.05) is 13.2 Å². The van der Waals surface area contributed by atoms with Crippen molar-refractivity contribution in [2.45, 2.75) is 26.9 Å². The van der Waals surface area contributed by atoms with Crippen LogP contribution in [0, 0.1) is 18.7 Å². The lowest BCUT2D eigenvalue weighted by Gasteiger charge is -2.16. The topological polar surface area (TPSA) is 91.0 Å². The number of halogens is 1. The average Bonchev–Trinajstić information content (AvgIpc) is 3.28. The van der Waals surface area contributed by atoms with E-state index in [1.54, 1.807) is 37.3 Å². The lowest BCUT2D eigenvalue weighted by atomic mass is 10.2. The Labute approximate surface area is 214 Å². The highest BCUT2D eigenvalue weighted by molar-refractivity contribution is 5.69. The first-order chi connectivity index (χ1) is 17.9. The molecule has 1 heterocycles. The normalized spacial score (nSPS) is 11.6. The summed E-state index contributed by atoms with van der Waals surface area (Å²) in [4.78, 5) is 15.8. The summed E-state index contributed by atoms with van der Waals surface area (Å²) in [5, 5.41) is 9.15. The first-order valence-corrected chi connectivity index (χ1v) is 11.9. The van der Waals surface area contributed by atoms with E-state index >= 15 is 0 Å². The molecular formula is C29H28FNO6. The quantitative estimate of drug-likeness (QED) is 0.249. The fourth-order valence-electron chi connectivity index (χ4n) is 3.53. The van der Waals surface area contributed by atoms with E-state index in [1.165, 1.54) is 12.1 Å². The molecule has 0 fully saturated rings. The van der Waals surface area contributed by atoms with Crippen molar-refractivity contribution in [3.63, 3.8) is 0 Å². The molecule has 1 N–H and O–H groups in total. The number of carboxylic acids is 1. The molecule has 0 spiro atoms. The molecule has 4 rings (SSSR count). The molecule has 192 valence electrons. The summed E-state index contributed by atoms with van der Waals surface area (Å²) in [5.41, 5.74) is 2.32. The van der Waals surface area contributed by atoms with Gasteiger partial charge in [0.15, 0.2) is 11.6 Å². The van der Waals surface area contributed by atoms with Gasteiger partial charge in [-0.25, -0.2) is 9.37 Å². The zero-order valence-electron chi connectivity index (χ0n) is 20.6. The highest BCUT2D eigenvalue weighted by atomic mass is 19.1. The molecule has 1 atom stereocenters. The standard InChI is InChI=1S/C29H28FNO6/c1-19(29(32)33)17-35-26-13-12-23(16-22(26)18-36-27-11-7-6-10-24(27)30)34-15-14-25-20(2)37-28(31-25)21-8-4-3-5-9-21/h3-13,16,19H,14-15,17-18H2,1-2H3,(H,32,33). The van der Waals surface area contributed by atoms with E-state index in [1.807, 2.05) is 37.3 Å². The third-order valence-corrected chi connectivity index (χ3v) is 5.68. The number of aromatic nitrogens is 1. The average molecular weight is 506 g/mol. The van der Waals surface area contributed by atoms with Gasteiger partial charge in [0.1, 0.15) is 30.5 Å². The highest BCUT2D eigenvalue weighted by Crippen LogP contribution is 2.28. The zero-order valence-corrected chi connectivity index (χ0v) is 20.6. The van der Waals surface area contributed by atoms with Gasteiger partial charge in [-0.15, -0.1) is 0 Å². The highest BCUT2D eigenvalue weighted by Gasteiger charge is 2.15. The van der Waals surface area contributed by atoms with Gasteiger partial charge < -0.3 is 23.7 Å². The van der Waals surface area contributed by atoms with E-state index in [9.17, 15) is 9.18 Å². The Kier molecular flexibility index (Phi) is 8.40. The molecule has 4 aromatic rings. The molecule has 0 bridgehead atoms. The summed E-state index contributed by atoms with van der Waals surface area (Å²) in [7, 11) is 0. The van der Waals surface area contributed by atoms with Crippen LogP contribution in [-0.4, -0.2) is 29.3 Å². The minimum atomic E-state index is -0.956. The SMILES string of the molecule is Cc1oc(-c2ccccc2)nc1CCOc1ccc(OCC(C)C(=O)O)c(COc2ccccc2F)c1. The minimum Gasteiger partial charge on any atom is -0.493 e. The maximum atomic E-state index is 14.0. The molecule has 0 aliphatic carbocycles. The third-order valence-electron chi connectivity index (χ3n) is 5.68. The van der Waals surface area contributed by atoms with Gasteiger partial charge in [-0.2, -0.15) is 0 Å². The van der Waals surface area contributed by atoms with Crippen molar-refractivity contribution in [1.82, 2.24) is 4.98 Å². The largest absolute Gasteiger partial charge is 0.493 e. The van der Waals surface area contributed by atoms with E-state index in [4.69, 9.17) is 23.7 Å². The Morgan fingerprint density at radius 2 is 1.76 bits per heavy atom. The molecule has 0 aliphatic rings. The van der Waals surface area contributed by atoms with E-state index in [0.29, 0.717) is 36.0 Å². The number of nitrogens with zero attached hydrogens (tertiary/aromatic N) is 1. The number of ether oxygens (including phenoxy) is 3. The number of aryl methyl sites for hydroxylation is 1. The predicted octanol–water partition coefficient (Wildman–Crippen LogP) is 6.09. The Morgan fingerprint density at radius 1 is 1.00 bits per heavy atom. The number of para-hydroxylation sites is 1. The molecule has 3 aromatic carbocycles. The van der Waals surface area contributed by atoms with Crippen LogP contribution in [0.5, 0.6) is 17.2 Å². The number of benzene rings is 3. The van der Waals surface area contributed by atoms with Crippen molar-refractivity contribution < 1.29 is 32.9 Å². The molecule has 37 heavy (non-hydrogen) atoms. The second-order valence-corrected chi connectivity index (χ2v) is 8.53. The summed E-state index contributed by atoms with van der Waals surface area (Å²) >= 11 is 0. The number of hydrogen-bond donors (Lipinski definition) is 1. The molecule has 1 unspecified atom stereocenters. The molecular weight excluding hydrogens is 477 g/mol. The minimum absolute atomic E-state index is 0.0117. The molecule has 0 aliphatic heterocycles. The summed E-state index contributed by atoms with van der Waals surface area (Å²) in [5.74, 6) is 0.289. The van der Waals surface area contributed by atoms with Crippen molar-refractivity contribution in [3.05, 3.63) is 95.6 Å². The Morgan fingerprint density at radius 3 is 2.51 bits per heavy atom. The zero-order chi connectivity index (χ0) is 26.2. The first-order valence-electron chi connectivity index (χ1n) is 11.9. The van der Waals surface area contributed by atoms with Gasteiger partial charge in [0.25, 0.3) is 0 Å². The fourth-order valence-corrected chi connectivity index (χ4v) is 3.53. The van der Waals surface area contributed by atoms with Crippen LogP contribution < -0.4 is 14.2 Å². The van der Waals surface area contributed by atoms with Crippen molar-refractivity contribution in [1.29, 1.82) is 0 Å².